The summed E-state index contributed by atoms with van der Waals surface area (Å²) >= 11 is 0. The van der Waals surface area contributed by atoms with Gasteiger partial charge in [-0.25, -0.2) is 0 Å². The molecule has 1 heterocycles. The van der Waals surface area contributed by atoms with Crippen molar-refractivity contribution in [3.8, 4) is 0 Å². The number of hydrogen-bond donors (Lipinski definition) is 1. The highest BCUT2D eigenvalue weighted by molar-refractivity contribution is 5.16. The molecule has 2 rings (SSSR count). The zero-order chi connectivity index (χ0) is 12.3. The van der Waals surface area contributed by atoms with Crippen LogP contribution in [-0.4, -0.2) is 12.1 Å². The van der Waals surface area contributed by atoms with Gasteiger partial charge in [-0.3, -0.25) is 0 Å². The molecule has 0 aliphatic heterocycles. The highest BCUT2D eigenvalue weighted by atomic mass is 16.5. The first-order valence-corrected chi connectivity index (χ1v) is 6.57. The molecule has 0 radical (unpaired) electrons. The molecule has 1 unspecified atom stereocenters. The second-order valence-corrected chi connectivity index (χ2v) is 5.28. The molecule has 0 bridgehead atoms. The Balaban J connectivity index is 1.80. The molecule has 1 atom stereocenters. The van der Waals surface area contributed by atoms with Crippen LogP contribution in [0.2, 0.25) is 0 Å². The lowest BCUT2D eigenvalue weighted by atomic mass is 10.1. The summed E-state index contributed by atoms with van der Waals surface area (Å²) in [6, 6.07) is 2.72. The van der Waals surface area contributed by atoms with Gasteiger partial charge >= 0.3 is 0 Å². The predicted molar refractivity (Wildman–Crippen MR) is 67.7 cm³/mol. The first-order chi connectivity index (χ1) is 8.16. The van der Waals surface area contributed by atoms with Gasteiger partial charge in [0.25, 0.3) is 0 Å². The topological polar surface area (TPSA) is 34.4 Å². The lowest BCUT2D eigenvalue weighted by molar-refractivity contribution is 0.0228. The predicted octanol–water partition coefficient (Wildman–Crippen LogP) is 3.09. The molecule has 0 spiro atoms. The highest BCUT2D eigenvalue weighted by Gasteiger charge is 2.21. The first-order valence-electron chi connectivity index (χ1n) is 6.57. The lowest BCUT2D eigenvalue weighted by Crippen LogP contribution is -2.17. The first kappa shape index (κ1) is 12.7. The van der Waals surface area contributed by atoms with Crippen LogP contribution in [0.25, 0.3) is 0 Å². The molecule has 0 saturated heterocycles. The molecule has 1 aromatic rings. The van der Waals surface area contributed by atoms with Gasteiger partial charge in [0.1, 0.15) is 5.76 Å². The summed E-state index contributed by atoms with van der Waals surface area (Å²) in [5, 5.41) is 3.46. The van der Waals surface area contributed by atoms with Crippen molar-refractivity contribution in [2.45, 2.75) is 58.9 Å². The van der Waals surface area contributed by atoms with Crippen LogP contribution in [0.1, 0.15) is 44.9 Å². The van der Waals surface area contributed by atoms with Crippen LogP contribution in [0.15, 0.2) is 16.7 Å². The van der Waals surface area contributed by atoms with E-state index in [-0.39, 0.29) is 6.10 Å². The monoisotopic (exact) mass is 237 g/mol. The van der Waals surface area contributed by atoms with Gasteiger partial charge in [-0.05, 0) is 31.7 Å². The highest BCUT2D eigenvalue weighted by Crippen LogP contribution is 2.21. The molecule has 3 heteroatoms. The molecule has 1 aliphatic rings. The Morgan fingerprint density at radius 2 is 2.18 bits per heavy atom. The number of hydrogen-bond acceptors (Lipinski definition) is 3. The third-order valence-corrected chi connectivity index (χ3v) is 3.41. The molecule has 3 nitrogen and oxygen atoms in total. The minimum absolute atomic E-state index is 0.286. The summed E-state index contributed by atoms with van der Waals surface area (Å²) in [5.74, 6) is 1.57. The maximum Gasteiger partial charge on any atom is 0.123 e. The average Bonchev–Trinajstić information content (AvgIpc) is 3.02. The Morgan fingerprint density at radius 1 is 1.41 bits per heavy atom. The van der Waals surface area contributed by atoms with Crippen LogP contribution in [0.5, 0.6) is 0 Å². The van der Waals surface area contributed by atoms with Crippen LogP contribution in [-0.2, 0) is 17.9 Å². The number of nitrogens with one attached hydrogen (secondary N) is 1. The Bertz CT molecular complexity index is 342. The van der Waals surface area contributed by atoms with Gasteiger partial charge in [0.2, 0.25) is 0 Å². The van der Waals surface area contributed by atoms with Crippen molar-refractivity contribution in [2.75, 3.05) is 0 Å². The summed E-state index contributed by atoms with van der Waals surface area (Å²) in [5.41, 5.74) is 1.17. The smallest absolute Gasteiger partial charge is 0.123 e. The second-order valence-electron chi connectivity index (χ2n) is 5.28. The van der Waals surface area contributed by atoms with E-state index in [4.69, 9.17) is 9.15 Å². The van der Waals surface area contributed by atoms with Crippen molar-refractivity contribution >= 4 is 0 Å². The Labute approximate surface area is 104 Å². The van der Waals surface area contributed by atoms with Crippen LogP contribution in [0, 0.1) is 5.92 Å². The van der Waals surface area contributed by atoms with Gasteiger partial charge in [-0.2, -0.15) is 0 Å². The SMILES string of the molecule is CC(C)C(C)OCc1ccoc1CNC1CC1. The number of furan rings is 1. The van der Waals surface area contributed by atoms with Crippen molar-refractivity contribution in [2.24, 2.45) is 5.92 Å². The molecule has 1 N–H and O–H groups in total. The van der Waals surface area contributed by atoms with Crippen molar-refractivity contribution in [1.29, 1.82) is 0 Å². The van der Waals surface area contributed by atoms with Crippen LogP contribution in [0.4, 0.5) is 0 Å². The number of rotatable bonds is 7. The molecule has 1 aromatic heterocycles. The zero-order valence-corrected chi connectivity index (χ0v) is 11.0. The van der Waals surface area contributed by atoms with E-state index in [2.05, 4.69) is 26.1 Å². The normalized spacial score (nSPS) is 17.6. The molecule has 0 amide bonds. The summed E-state index contributed by atoms with van der Waals surface area (Å²) in [4.78, 5) is 0. The molecular weight excluding hydrogens is 214 g/mol. The quantitative estimate of drug-likeness (QED) is 0.791. The second kappa shape index (κ2) is 5.69. The van der Waals surface area contributed by atoms with E-state index in [1.165, 1.54) is 18.4 Å². The third kappa shape index (κ3) is 3.86. The Kier molecular flexibility index (Phi) is 4.24. The zero-order valence-electron chi connectivity index (χ0n) is 11.0. The van der Waals surface area contributed by atoms with E-state index >= 15 is 0 Å². The van der Waals surface area contributed by atoms with E-state index in [1.54, 1.807) is 6.26 Å². The van der Waals surface area contributed by atoms with Gasteiger partial charge in [0, 0.05) is 11.6 Å². The maximum atomic E-state index is 5.82. The average molecular weight is 237 g/mol. The standard InChI is InChI=1S/C14H23NO2/c1-10(2)11(3)17-9-12-6-7-16-14(12)8-15-13-4-5-13/h6-7,10-11,13,15H,4-5,8-9H2,1-3H3. The lowest BCUT2D eigenvalue weighted by Gasteiger charge is -2.16. The third-order valence-electron chi connectivity index (χ3n) is 3.41. The van der Waals surface area contributed by atoms with Crippen molar-refractivity contribution in [3.63, 3.8) is 0 Å². The minimum atomic E-state index is 0.286. The number of ether oxygens (including phenoxy) is 1. The van der Waals surface area contributed by atoms with E-state index < -0.39 is 0 Å². The van der Waals surface area contributed by atoms with Crippen LogP contribution >= 0.6 is 0 Å². The molecule has 1 fully saturated rings. The van der Waals surface area contributed by atoms with Crippen molar-refractivity contribution in [1.82, 2.24) is 5.32 Å². The van der Waals surface area contributed by atoms with Gasteiger partial charge in [-0.15, -0.1) is 0 Å². The molecule has 1 saturated carbocycles. The summed E-state index contributed by atoms with van der Waals surface area (Å²) in [7, 11) is 0. The summed E-state index contributed by atoms with van der Waals surface area (Å²) in [6.45, 7) is 7.95. The Hall–Kier alpha value is -0.800. The van der Waals surface area contributed by atoms with E-state index in [9.17, 15) is 0 Å². The maximum absolute atomic E-state index is 5.82. The summed E-state index contributed by atoms with van der Waals surface area (Å²) < 4.78 is 11.3. The van der Waals surface area contributed by atoms with Gasteiger partial charge in [-0.1, -0.05) is 13.8 Å². The van der Waals surface area contributed by atoms with E-state index in [0.29, 0.717) is 18.6 Å². The van der Waals surface area contributed by atoms with Gasteiger partial charge in [0.15, 0.2) is 0 Å². The molecule has 1 aliphatic carbocycles. The fourth-order valence-corrected chi connectivity index (χ4v) is 1.59. The van der Waals surface area contributed by atoms with Crippen LogP contribution < -0.4 is 5.32 Å². The molecular formula is C14H23NO2. The van der Waals surface area contributed by atoms with Crippen molar-refractivity contribution < 1.29 is 9.15 Å². The summed E-state index contributed by atoms with van der Waals surface area (Å²) in [6.07, 6.45) is 4.64. The fraction of sp³-hybridized carbons (Fsp3) is 0.714. The van der Waals surface area contributed by atoms with Crippen LogP contribution in [0.3, 0.4) is 0 Å². The van der Waals surface area contributed by atoms with Gasteiger partial charge in [0.05, 0.1) is 25.5 Å². The van der Waals surface area contributed by atoms with E-state index in [0.717, 1.165) is 12.3 Å². The van der Waals surface area contributed by atoms with Gasteiger partial charge < -0.3 is 14.5 Å². The Morgan fingerprint density at radius 3 is 2.82 bits per heavy atom. The molecule has 0 aromatic carbocycles. The molecule has 17 heavy (non-hydrogen) atoms. The molecule has 96 valence electrons. The van der Waals surface area contributed by atoms with Crippen molar-refractivity contribution in [3.05, 3.63) is 23.7 Å². The fourth-order valence-electron chi connectivity index (χ4n) is 1.59. The van der Waals surface area contributed by atoms with E-state index in [1.807, 2.05) is 6.07 Å². The minimum Gasteiger partial charge on any atom is -0.468 e. The largest absolute Gasteiger partial charge is 0.468 e.